The molecule has 0 aromatic heterocycles. The number of rotatable bonds is 6. The molecule has 0 radical (unpaired) electrons. The maximum Gasteiger partial charge on any atom is 0.307 e. The summed E-state index contributed by atoms with van der Waals surface area (Å²) >= 11 is 0. The number of aryl methyl sites for hydroxylation is 1. The molecule has 2 aromatic rings. The lowest BCUT2D eigenvalue weighted by atomic mass is 10.0. The Balaban J connectivity index is 2.34. The van der Waals surface area contributed by atoms with Crippen LogP contribution in [0.4, 0.5) is 0 Å². The van der Waals surface area contributed by atoms with Crippen molar-refractivity contribution >= 4 is 21.9 Å². The number of ether oxygens (including phenoxy) is 1. The predicted molar refractivity (Wildman–Crippen MR) is 95.8 cm³/mol. The number of hydrogen-bond donors (Lipinski definition) is 2. The molecule has 1 atom stereocenters. The van der Waals surface area contributed by atoms with Crippen molar-refractivity contribution in [3.05, 3.63) is 65.2 Å². The van der Waals surface area contributed by atoms with Crippen LogP contribution >= 0.6 is 0 Å². The van der Waals surface area contributed by atoms with Gasteiger partial charge in [0.2, 0.25) is 10.0 Å². The van der Waals surface area contributed by atoms with Crippen molar-refractivity contribution in [1.82, 2.24) is 5.32 Å². The predicted octanol–water partition coefficient (Wildman–Crippen LogP) is 1.68. The number of benzene rings is 2. The van der Waals surface area contributed by atoms with E-state index in [0.29, 0.717) is 5.56 Å². The van der Waals surface area contributed by atoms with Crippen LogP contribution in [-0.4, -0.2) is 27.4 Å². The average molecular weight is 376 g/mol. The first-order valence-electron chi connectivity index (χ1n) is 7.78. The summed E-state index contributed by atoms with van der Waals surface area (Å²) in [5.74, 6) is -0.986. The highest BCUT2D eigenvalue weighted by Gasteiger charge is 2.21. The molecule has 3 N–H and O–H groups in total. The van der Waals surface area contributed by atoms with E-state index >= 15 is 0 Å². The summed E-state index contributed by atoms with van der Waals surface area (Å²) in [6.45, 7) is 1.68. The fourth-order valence-corrected chi connectivity index (χ4v) is 2.99. The Kier molecular flexibility index (Phi) is 6.12. The zero-order chi connectivity index (χ0) is 19.3. The fourth-order valence-electron chi connectivity index (χ4n) is 2.45. The molecule has 0 fully saturated rings. The number of carbonyl (C=O) groups is 2. The zero-order valence-electron chi connectivity index (χ0n) is 14.4. The van der Waals surface area contributed by atoms with Gasteiger partial charge in [-0.25, -0.2) is 13.6 Å². The van der Waals surface area contributed by atoms with Gasteiger partial charge in [-0.2, -0.15) is 0 Å². The van der Waals surface area contributed by atoms with Crippen molar-refractivity contribution in [3.8, 4) is 0 Å². The van der Waals surface area contributed by atoms with Gasteiger partial charge in [0.25, 0.3) is 5.91 Å². The molecule has 26 heavy (non-hydrogen) atoms. The third-order valence-electron chi connectivity index (χ3n) is 3.89. The van der Waals surface area contributed by atoms with Crippen LogP contribution in [0.25, 0.3) is 0 Å². The molecule has 0 aliphatic rings. The van der Waals surface area contributed by atoms with E-state index in [4.69, 9.17) is 9.88 Å². The topological polar surface area (TPSA) is 116 Å². The number of nitrogens with two attached hydrogens (primary N) is 1. The summed E-state index contributed by atoms with van der Waals surface area (Å²) in [4.78, 5) is 24.2. The van der Waals surface area contributed by atoms with Gasteiger partial charge in [-0.05, 0) is 30.2 Å². The van der Waals surface area contributed by atoms with Crippen LogP contribution in [0.15, 0.2) is 53.4 Å². The van der Waals surface area contributed by atoms with Crippen molar-refractivity contribution in [3.63, 3.8) is 0 Å². The quantitative estimate of drug-likeness (QED) is 0.744. The Labute approximate surface area is 152 Å². The van der Waals surface area contributed by atoms with Gasteiger partial charge < -0.3 is 10.1 Å². The Hall–Kier alpha value is -2.71. The highest BCUT2D eigenvalue weighted by molar-refractivity contribution is 7.89. The standard InChI is InChI=1S/C18H20N2O5S/c1-12-8-9-14(26(19,23)24)10-15(12)18(22)20-16(11-17(21)25-2)13-6-4-3-5-7-13/h3-10,16H,11H2,1-2H3,(H,20,22)(H2,19,23,24)/t16-/m0/s1. The summed E-state index contributed by atoms with van der Waals surface area (Å²) in [7, 11) is -2.66. The molecule has 1 amide bonds. The Morgan fingerprint density at radius 1 is 1.15 bits per heavy atom. The van der Waals surface area contributed by atoms with Crippen LogP contribution < -0.4 is 10.5 Å². The van der Waals surface area contributed by atoms with Gasteiger partial charge in [0.15, 0.2) is 0 Å². The number of nitrogens with one attached hydrogen (secondary N) is 1. The van der Waals surface area contributed by atoms with Gasteiger partial charge in [0, 0.05) is 5.56 Å². The molecule has 138 valence electrons. The minimum Gasteiger partial charge on any atom is -0.469 e. The third kappa shape index (κ3) is 4.90. The van der Waals surface area contributed by atoms with Crippen molar-refractivity contribution in [2.75, 3.05) is 7.11 Å². The number of hydrogen-bond acceptors (Lipinski definition) is 5. The molecule has 7 nitrogen and oxygen atoms in total. The largest absolute Gasteiger partial charge is 0.469 e. The van der Waals surface area contributed by atoms with E-state index in [2.05, 4.69) is 5.32 Å². The number of esters is 1. The molecule has 0 aliphatic heterocycles. The van der Waals surface area contributed by atoms with Gasteiger partial charge in [0.1, 0.15) is 0 Å². The van der Waals surface area contributed by atoms with E-state index in [1.165, 1.54) is 25.3 Å². The minimum atomic E-state index is -3.93. The van der Waals surface area contributed by atoms with Crippen LogP contribution in [0.5, 0.6) is 0 Å². The molecule has 0 saturated heterocycles. The maximum atomic E-state index is 12.7. The minimum absolute atomic E-state index is 0.0554. The molecule has 0 spiro atoms. The first kappa shape index (κ1) is 19.6. The molecule has 0 heterocycles. The Bertz CT molecular complexity index is 910. The van der Waals surface area contributed by atoms with Crippen molar-refractivity contribution in [2.45, 2.75) is 24.3 Å². The lowest BCUT2D eigenvalue weighted by molar-refractivity contribution is -0.141. The van der Waals surface area contributed by atoms with E-state index < -0.39 is 27.9 Å². The van der Waals surface area contributed by atoms with Crippen molar-refractivity contribution in [1.29, 1.82) is 0 Å². The fraction of sp³-hybridized carbons (Fsp3) is 0.222. The first-order chi connectivity index (χ1) is 12.2. The monoisotopic (exact) mass is 376 g/mol. The lowest BCUT2D eigenvalue weighted by Gasteiger charge is -2.19. The maximum absolute atomic E-state index is 12.7. The Morgan fingerprint density at radius 2 is 1.81 bits per heavy atom. The van der Waals surface area contributed by atoms with Gasteiger partial charge in [-0.3, -0.25) is 9.59 Å². The van der Waals surface area contributed by atoms with Gasteiger partial charge in [-0.1, -0.05) is 36.4 Å². The highest BCUT2D eigenvalue weighted by Crippen LogP contribution is 2.20. The molecule has 0 bridgehead atoms. The summed E-state index contributed by atoms with van der Waals surface area (Å²) in [5, 5.41) is 7.89. The lowest BCUT2D eigenvalue weighted by Crippen LogP contribution is -2.31. The summed E-state index contributed by atoms with van der Waals surface area (Å²) < 4.78 is 27.8. The summed E-state index contributed by atoms with van der Waals surface area (Å²) in [5.41, 5.74) is 1.48. The second-order valence-corrected chi connectivity index (χ2v) is 7.30. The van der Waals surface area contributed by atoms with E-state index in [1.54, 1.807) is 31.2 Å². The van der Waals surface area contributed by atoms with Gasteiger partial charge >= 0.3 is 5.97 Å². The van der Waals surface area contributed by atoms with Crippen LogP contribution in [0, 0.1) is 6.92 Å². The van der Waals surface area contributed by atoms with Crippen LogP contribution in [0.3, 0.4) is 0 Å². The molecule has 0 aliphatic carbocycles. The van der Waals surface area contributed by atoms with Crippen LogP contribution in [0.2, 0.25) is 0 Å². The molecule has 2 rings (SSSR count). The second-order valence-electron chi connectivity index (χ2n) is 5.74. The average Bonchev–Trinajstić information content (AvgIpc) is 2.61. The third-order valence-corrected chi connectivity index (χ3v) is 4.80. The van der Waals surface area contributed by atoms with E-state index in [-0.39, 0.29) is 16.9 Å². The van der Waals surface area contributed by atoms with Crippen LogP contribution in [-0.2, 0) is 19.6 Å². The zero-order valence-corrected chi connectivity index (χ0v) is 15.2. The molecule has 2 aromatic carbocycles. The van der Waals surface area contributed by atoms with E-state index in [0.717, 1.165) is 5.56 Å². The van der Waals surface area contributed by atoms with Gasteiger partial charge in [0.05, 0.1) is 24.5 Å². The molecule has 0 saturated carbocycles. The highest BCUT2D eigenvalue weighted by atomic mass is 32.2. The number of carbonyl (C=O) groups excluding carboxylic acids is 2. The normalized spacial score (nSPS) is 12.3. The molecule has 8 heteroatoms. The molecular formula is C18H20N2O5S. The smallest absolute Gasteiger partial charge is 0.307 e. The Morgan fingerprint density at radius 3 is 2.38 bits per heavy atom. The van der Waals surface area contributed by atoms with Crippen LogP contribution in [0.1, 0.15) is 33.9 Å². The van der Waals surface area contributed by atoms with E-state index in [1.807, 2.05) is 6.07 Å². The van der Waals surface area contributed by atoms with Gasteiger partial charge in [-0.15, -0.1) is 0 Å². The molecule has 0 unspecified atom stereocenters. The van der Waals surface area contributed by atoms with Crippen molar-refractivity contribution < 1.29 is 22.7 Å². The van der Waals surface area contributed by atoms with Crippen molar-refractivity contribution in [2.24, 2.45) is 5.14 Å². The van der Waals surface area contributed by atoms with E-state index in [9.17, 15) is 18.0 Å². The first-order valence-corrected chi connectivity index (χ1v) is 9.33. The number of methoxy groups -OCH3 is 1. The summed E-state index contributed by atoms with van der Waals surface area (Å²) in [6.07, 6.45) is -0.0554. The summed E-state index contributed by atoms with van der Waals surface area (Å²) in [6, 6.07) is 12.4. The number of amides is 1. The molecular weight excluding hydrogens is 356 g/mol. The number of primary sulfonamides is 1. The number of sulfonamides is 1. The second kappa shape index (κ2) is 8.11. The SMILES string of the molecule is COC(=O)C[C@H](NC(=O)c1cc(S(N)(=O)=O)ccc1C)c1ccccc1.